The highest BCUT2D eigenvalue weighted by Gasteiger charge is 2.26. The standard InChI is InChI=1S/C21H21N3O3/c25-21(19-13-20(27-23-19)16-7-2-1-3-8-16)24(15-18-10-6-12-26-18)14-17-9-4-5-11-22-17/h1-5,7-9,11,13,18H,6,10,12,14-15H2. The van der Waals surface area contributed by atoms with Crippen LogP contribution in [0, 0.1) is 0 Å². The lowest BCUT2D eigenvalue weighted by Gasteiger charge is -2.24. The van der Waals surface area contributed by atoms with Crippen molar-refractivity contribution in [3.8, 4) is 11.3 Å². The van der Waals surface area contributed by atoms with E-state index in [0.29, 0.717) is 24.5 Å². The van der Waals surface area contributed by atoms with E-state index in [4.69, 9.17) is 9.26 Å². The van der Waals surface area contributed by atoms with Crippen LogP contribution in [0.3, 0.4) is 0 Å². The van der Waals surface area contributed by atoms with Gasteiger partial charge in [0.2, 0.25) is 0 Å². The zero-order valence-corrected chi connectivity index (χ0v) is 15.0. The molecule has 6 heteroatoms. The lowest BCUT2D eigenvalue weighted by molar-refractivity contribution is 0.0497. The van der Waals surface area contributed by atoms with Gasteiger partial charge in [-0.15, -0.1) is 0 Å². The van der Waals surface area contributed by atoms with Crippen LogP contribution in [0.25, 0.3) is 11.3 Å². The first-order chi connectivity index (χ1) is 13.3. The van der Waals surface area contributed by atoms with Crippen LogP contribution in [0.2, 0.25) is 0 Å². The summed E-state index contributed by atoms with van der Waals surface area (Å²) in [5, 5.41) is 4.00. The molecule has 1 aliphatic heterocycles. The SMILES string of the molecule is O=C(c1cc(-c2ccccc2)on1)N(Cc1ccccn1)CC1CCCO1. The molecule has 4 rings (SSSR count). The highest BCUT2D eigenvalue weighted by atomic mass is 16.5. The molecule has 0 radical (unpaired) electrons. The molecule has 1 atom stereocenters. The van der Waals surface area contributed by atoms with Crippen molar-refractivity contribution >= 4 is 5.91 Å². The molecule has 1 saturated heterocycles. The van der Waals surface area contributed by atoms with Crippen LogP contribution in [0.15, 0.2) is 65.3 Å². The van der Waals surface area contributed by atoms with E-state index in [1.54, 1.807) is 17.2 Å². The van der Waals surface area contributed by atoms with Crippen LogP contribution < -0.4 is 0 Å². The van der Waals surface area contributed by atoms with Gasteiger partial charge in [-0.3, -0.25) is 9.78 Å². The molecular weight excluding hydrogens is 342 g/mol. The summed E-state index contributed by atoms with van der Waals surface area (Å²) in [5.74, 6) is 0.399. The molecule has 1 aliphatic rings. The van der Waals surface area contributed by atoms with Crippen LogP contribution in [-0.2, 0) is 11.3 Å². The molecule has 0 saturated carbocycles. The van der Waals surface area contributed by atoms with Crippen molar-refractivity contribution in [3.63, 3.8) is 0 Å². The second kappa shape index (κ2) is 8.14. The summed E-state index contributed by atoms with van der Waals surface area (Å²) >= 11 is 0. The van der Waals surface area contributed by atoms with Crippen molar-refractivity contribution in [3.05, 3.63) is 72.2 Å². The fraction of sp³-hybridized carbons (Fsp3) is 0.286. The molecule has 6 nitrogen and oxygen atoms in total. The summed E-state index contributed by atoms with van der Waals surface area (Å²) in [4.78, 5) is 19.2. The molecule has 2 aromatic heterocycles. The van der Waals surface area contributed by atoms with Gasteiger partial charge in [0.1, 0.15) is 0 Å². The van der Waals surface area contributed by atoms with Gasteiger partial charge in [0.15, 0.2) is 11.5 Å². The predicted octanol–water partition coefficient (Wildman–Crippen LogP) is 3.56. The van der Waals surface area contributed by atoms with Gasteiger partial charge < -0.3 is 14.2 Å². The number of ether oxygens (including phenoxy) is 1. The van der Waals surface area contributed by atoms with E-state index >= 15 is 0 Å². The number of amides is 1. The number of nitrogens with zero attached hydrogens (tertiary/aromatic N) is 3. The van der Waals surface area contributed by atoms with E-state index in [2.05, 4.69) is 10.1 Å². The van der Waals surface area contributed by atoms with E-state index in [0.717, 1.165) is 30.7 Å². The van der Waals surface area contributed by atoms with E-state index < -0.39 is 0 Å². The van der Waals surface area contributed by atoms with Gasteiger partial charge in [0.25, 0.3) is 5.91 Å². The maximum atomic E-state index is 13.1. The fourth-order valence-corrected chi connectivity index (χ4v) is 3.22. The third-order valence-corrected chi connectivity index (χ3v) is 4.60. The van der Waals surface area contributed by atoms with E-state index in [1.807, 2.05) is 48.5 Å². The second-order valence-corrected chi connectivity index (χ2v) is 6.58. The Morgan fingerprint density at radius 3 is 2.74 bits per heavy atom. The number of aromatic nitrogens is 2. The molecule has 1 aromatic carbocycles. The third kappa shape index (κ3) is 4.23. The number of carbonyl (C=O) groups is 1. The molecule has 1 fully saturated rings. The predicted molar refractivity (Wildman–Crippen MR) is 99.9 cm³/mol. The van der Waals surface area contributed by atoms with Crippen molar-refractivity contribution in [2.24, 2.45) is 0 Å². The van der Waals surface area contributed by atoms with Gasteiger partial charge in [-0.05, 0) is 25.0 Å². The molecule has 0 N–H and O–H groups in total. The number of pyridine rings is 1. The normalized spacial score (nSPS) is 16.4. The van der Waals surface area contributed by atoms with Crippen LogP contribution >= 0.6 is 0 Å². The minimum absolute atomic E-state index is 0.0538. The van der Waals surface area contributed by atoms with Gasteiger partial charge in [0.05, 0.1) is 18.3 Å². The van der Waals surface area contributed by atoms with Crippen LogP contribution in [0.1, 0.15) is 29.0 Å². The van der Waals surface area contributed by atoms with Crippen LogP contribution in [0.5, 0.6) is 0 Å². The van der Waals surface area contributed by atoms with Crippen LogP contribution in [0.4, 0.5) is 0 Å². The maximum Gasteiger partial charge on any atom is 0.276 e. The van der Waals surface area contributed by atoms with Crippen molar-refractivity contribution in [2.45, 2.75) is 25.5 Å². The highest BCUT2D eigenvalue weighted by molar-refractivity contribution is 5.93. The molecule has 0 spiro atoms. The lowest BCUT2D eigenvalue weighted by Crippen LogP contribution is -2.37. The van der Waals surface area contributed by atoms with E-state index in [1.165, 1.54) is 0 Å². The lowest BCUT2D eigenvalue weighted by atomic mass is 10.1. The topological polar surface area (TPSA) is 68.5 Å². The quantitative estimate of drug-likeness (QED) is 0.670. The largest absolute Gasteiger partial charge is 0.376 e. The maximum absolute atomic E-state index is 13.1. The van der Waals surface area contributed by atoms with Crippen molar-refractivity contribution in [1.29, 1.82) is 0 Å². The average Bonchev–Trinajstić information content (AvgIpc) is 3.41. The van der Waals surface area contributed by atoms with Gasteiger partial charge in [-0.25, -0.2) is 0 Å². The van der Waals surface area contributed by atoms with E-state index in [-0.39, 0.29) is 12.0 Å². The first-order valence-corrected chi connectivity index (χ1v) is 9.12. The Morgan fingerprint density at radius 1 is 1.15 bits per heavy atom. The monoisotopic (exact) mass is 363 g/mol. The van der Waals surface area contributed by atoms with Gasteiger partial charge in [-0.1, -0.05) is 41.6 Å². The van der Waals surface area contributed by atoms with Gasteiger partial charge in [0, 0.05) is 31.0 Å². The Labute approximate surface area is 157 Å². The molecule has 3 aromatic rings. The Morgan fingerprint density at radius 2 is 2.00 bits per heavy atom. The number of rotatable bonds is 6. The smallest absolute Gasteiger partial charge is 0.276 e. The number of carbonyl (C=O) groups excluding carboxylic acids is 1. The second-order valence-electron chi connectivity index (χ2n) is 6.58. The Balaban J connectivity index is 1.55. The number of hydrogen-bond donors (Lipinski definition) is 0. The van der Waals surface area contributed by atoms with Gasteiger partial charge >= 0.3 is 0 Å². The fourth-order valence-electron chi connectivity index (χ4n) is 3.22. The minimum atomic E-state index is -0.179. The average molecular weight is 363 g/mol. The number of hydrogen-bond acceptors (Lipinski definition) is 5. The molecule has 1 unspecified atom stereocenters. The van der Waals surface area contributed by atoms with Crippen molar-refractivity contribution in [1.82, 2.24) is 15.0 Å². The van der Waals surface area contributed by atoms with Crippen molar-refractivity contribution < 1.29 is 14.1 Å². The molecular formula is C21H21N3O3. The first-order valence-electron chi connectivity index (χ1n) is 9.12. The summed E-state index contributed by atoms with van der Waals surface area (Å²) in [6.07, 6.45) is 3.77. The highest BCUT2D eigenvalue weighted by Crippen LogP contribution is 2.22. The molecule has 1 amide bonds. The summed E-state index contributed by atoms with van der Waals surface area (Å²) in [7, 11) is 0. The number of benzene rings is 1. The Kier molecular flexibility index (Phi) is 5.25. The first kappa shape index (κ1) is 17.4. The summed E-state index contributed by atoms with van der Waals surface area (Å²) < 4.78 is 11.1. The van der Waals surface area contributed by atoms with Crippen LogP contribution in [-0.4, -0.2) is 40.2 Å². The molecule has 0 bridgehead atoms. The summed E-state index contributed by atoms with van der Waals surface area (Å²) in [6, 6.07) is 17.0. The summed E-state index contributed by atoms with van der Waals surface area (Å²) in [6.45, 7) is 1.68. The van der Waals surface area contributed by atoms with Gasteiger partial charge in [-0.2, -0.15) is 0 Å². The minimum Gasteiger partial charge on any atom is -0.376 e. The van der Waals surface area contributed by atoms with Crippen molar-refractivity contribution in [2.75, 3.05) is 13.2 Å². The zero-order chi connectivity index (χ0) is 18.5. The molecule has 27 heavy (non-hydrogen) atoms. The zero-order valence-electron chi connectivity index (χ0n) is 15.0. The third-order valence-electron chi connectivity index (χ3n) is 4.60. The molecule has 138 valence electrons. The molecule has 3 heterocycles. The summed E-state index contributed by atoms with van der Waals surface area (Å²) in [5.41, 5.74) is 2.01. The molecule has 0 aliphatic carbocycles. The Bertz CT molecular complexity index is 874. The Hall–Kier alpha value is -2.99. The van der Waals surface area contributed by atoms with E-state index in [9.17, 15) is 4.79 Å².